The Morgan fingerprint density at radius 2 is 1.54 bits per heavy atom. The number of carbonyl (C=O) groups is 2. The van der Waals surface area contributed by atoms with Crippen LogP contribution in [0.25, 0.3) is 0 Å². The van der Waals surface area contributed by atoms with Gasteiger partial charge in [-0.05, 0) is 46.6 Å². The molecule has 0 aromatic heterocycles. The fourth-order valence-corrected chi connectivity index (χ4v) is 2.62. The van der Waals surface area contributed by atoms with E-state index in [1.54, 1.807) is 6.92 Å². The van der Waals surface area contributed by atoms with Crippen molar-refractivity contribution in [3.05, 3.63) is 41.0 Å². The van der Waals surface area contributed by atoms with E-state index in [1.165, 1.54) is 0 Å². The highest BCUT2D eigenvalue weighted by Crippen LogP contribution is 2.39. The third-order valence-electron chi connectivity index (χ3n) is 4.21. The summed E-state index contributed by atoms with van der Waals surface area (Å²) < 4.78 is 4.93. The summed E-state index contributed by atoms with van der Waals surface area (Å²) in [6, 6.07) is 3.51. The molecule has 1 aromatic rings. The normalized spacial score (nSPS) is 11.7. The number of hydrogen-bond donors (Lipinski definition) is 3. The summed E-state index contributed by atoms with van der Waals surface area (Å²) in [5.74, 6) is -0.164. The van der Waals surface area contributed by atoms with Crippen LogP contribution in [0, 0.1) is 0 Å². The highest BCUT2D eigenvalue weighted by Gasteiger charge is 2.26. The molecule has 1 rings (SSSR count). The highest BCUT2D eigenvalue weighted by molar-refractivity contribution is 5.86. The zero-order valence-corrected chi connectivity index (χ0v) is 18.2. The van der Waals surface area contributed by atoms with E-state index in [4.69, 9.17) is 4.74 Å². The topological polar surface area (TPSA) is 87.7 Å². The number of phenols is 1. The van der Waals surface area contributed by atoms with E-state index in [1.807, 2.05) is 53.7 Å². The number of esters is 1. The third kappa shape index (κ3) is 6.91. The van der Waals surface area contributed by atoms with E-state index in [0.717, 1.165) is 16.7 Å². The molecule has 28 heavy (non-hydrogen) atoms. The Bertz CT molecular complexity index is 705. The van der Waals surface area contributed by atoms with Crippen molar-refractivity contribution in [2.24, 2.45) is 0 Å². The standard InChI is InChI=1S/C22H34N2O4/c1-14(2)19(26)28-10-9-23-20(27)24-13-15-11-16(21(3,4)5)18(25)17(12-15)22(6,7)8/h11-12,25H,1,9-10,13H2,2-8H3,(H2,23,24,27). The predicted molar refractivity (Wildman–Crippen MR) is 112 cm³/mol. The van der Waals surface area contributed by atoms with Gasteiger partial charge in [-0.25, -0.2) is 9.59 Å². The van der Waals surface area contributed by atoms with E-state index in [9.17, 15) is 14.7 Å². The Morgan fingerprint density at radius 1 is 1.04 bits per heavy atom. The van der Waals surface area contributed by atoms with Crippen molar-refractivity contribution in [2.75, 3.05) is 13.2 Å². The summed E-state index contributed by atoms with van der Waals surface area (Å²) in [4.78, 5) is 23.3. The fraction of sp³-hybridized carbons (Fsp3) is 0.545. The maximum Gasteiger partial charge on any atom is 0.333 e. The van der Waals surface area contributed by atoms with Crippen LogP contribution < -0.4 is 10.6 Å². The van der Waals surface area contributed by atoms with Crippen molar-refractivity contribution < 1.29 is 19.4 Å². The smallest absolute Gasteiger partial charge is 0.333 e. The first-order valence-electron chi connectivity index (χ1n) is 9.44. The van der Waals surface area contributed by atoms with Gasteiger partial charge in [0.1, 0.15) is 12.4 Å². The molecule has 0 spiro atoms. The molecule has 0 atom stereocenters. The van der Waals surface area contributed by atoms with Gasteiger partial charge in [-0.1, -0.05) is 48.1 Å². The Morgan fingerprint density at radius 3 is 1.96 bits per heavy atom. The number of urea groups is 1. The molecule has 0 saturated heterocycles. The van der Waals surface area contributed by atoms with Crippen LogP contribution in [0.1, 0.15) is 65.2 Å². The van der Waals surface area contributed by atoms with Crippen molar-refractivity contribution in [1.29, 1.82) is 0 Å². The van der Waals surface area contributed by atoms with Gasteiger partial charge in [0.05, 0.1) is 6.54 Å². The second kappa shape index (κ2) is 9.13. The van der Waals surface area contributed by atoms with E-state index in [-0.39, 0.29) is 30.0 Å². The highest BCUT2D eigenvalue weighted by atomic mass is 16.5. The zero-order chi connectivity index (χ0) is 21.7. The van der Waals surface area contributed by atoms with Gasteiger partial charge in [0.15, 0.2) is 0 Å². The minimum absolute atomic E-state index is 0.0840. The zero-order valence-electron chi connectivity index (χ0n) is 18.2. The minimum Gasteiger partial charge on any atom is -0.507 e. The van der Waals surface area contributed by atoms with E-state index >= 15 is 0 Å². The summed E-state index contributed by atoms with van der Waals surface area (Å²) >= 11 is 0. The van der Waals surface area contributed by atoms with Crippen LogP contribution in [0.2, 0.25) is 0 Å². The minimum atomic E-state index is -0.476. The molecule has 0 radical (unpaired) electrons. The van der Waals surface area contributed by atoms with Crippen molar-refractivity contribution in [2.45, 2.75) is 65.8 Å². The number of carbonyl (C=O) groups excluding carboxylic acids is 2. The first-order chi connectivity index (χ1) is 12.7. The molecule has 0 unspecified atom stereocenters. The monoisotopic (exact) mass is 390 g/mol. The van der Waals surface area contributed by atoms with Crippen LogP contribution in [0.4, 0.5) is 4.79 Å². The van der Waals surface area contributed by atoms with Crippen LogP contribution in [-0.2, 0) is 26.9 Å². The number of nitrogens with one attached hydrogen (secondary N) is 2. The van der Waals surface area contributed by atoms with Crippen LogP contribution >= 0.6 is 0 Å². The van der Waals surface area contributed by atoms with Crippen molar-refractivity contribution in [1.82, 2.24) is 10.6 Å². The van der Waals surface area contributed by atoms with Gasteiger partial charge >= 0.3 is 12.0 Å². The Kier molecular flexibility index (Phi) is 7.67. The number of aromatic hydroxyl groups is 1. The molecular weight excluding hydrogens is 356 g/mol. The molecule has 0 aliphatic rings. The lowest BCUT2D eigenvalue weighted by Gasteiger charge is -2.28. The van der Waals surface area contributed by atoms with Gasteiger partial charge in [-0.2, -0.15) is 0 Å². The maximum absolute atomic E-state index is 12.0. The quantitative estimate of drug-likeness (QED) is 0.390. The summed E-state index contributed by atoms with van der Waals surface area (Å²) in [5, 5.41) is 16.2. The Hall–Kier alpha value is -2.50. The first kappa shape index (κ1) is 23.5. The number of benzene rings is 1. The lowest BCUT2D eigenvalue weighted by molar-refractivity contribution is -0.138. The van der Waals surface area contributed by atoms with Gasteiger partial charge in [0, 0.05) is 12.1 Å². The van der Waals surface area contributed by atoms with Crippen LogP contribution in [0.15, 0.2) is 24.3 Å². The van der Waals surface area contributed by atoms with Gasteiger partial charge < -0.3 is 20.5 Å². The molecule has 0 aliphatic heterocycles. The number of hydrogen-bond acceptors (Lipinski definition) is 4. The molecule has 0 heterocycles. The molecule has 156 valence electrons. The summed E-state index contributed by atoms with van der Waals surface area (Å²) in [6.45, 7) is 18.0. The third-order valence-corrected chi connectivity index (χ3v) is 4.21. The molecule has 3 N–H and O–H groups in total. The molecule has 6 heteroatoms. The molecule has 6 nitrogen and oxygen atoms in total. The molecule has 0 saturated carbocycles. The van der Waals surface area contributed by atoms with E-state index in [2.05, 4.69) is 17.2 Å². The van der Waals surface area contributed by atoms with Crippen molar-refractivity contribution in [3.8, 4) is 5.75 Å². The lowest BCUT2D eigenvalue weighted by Crippen LogP contribution is -2.37. The average Bonchev–Trinajstić information content (AvgIpc) is 2.55. The van der Waals surface area contributed by atoms with E-state index in [0.29, 0.717) is 17.9 Å². The second-order valence-electron chi connectivity index (χ2n) is 9.07. The number of phenolic OH excluding ortho intramolecular Hbond substituents is 1. The second-order valence-corrected chi connectivity index (χ2v) is 9.07. The van der Waals surface area contributed by atoms with Crippen LogP contribution in [0.5, 0.6) is 5.75 Å². The van der Waals surface area contributed by atoms with Crippen molar-refractivity contribution >= 4 is 12.0 Å². The van der Waals surface area contributed by atoms with Crippen molar-refractivity contribution in [3.63, 3.8) is 0 Å². The van der Waals surface area contributed by atoms with Gasteiger partial charge in [0.2, 0.25) is 0 Å². The summed E-state index contributed by atoms with van der Waals surface area (Å²) in [6.07, 6.45) is 0. The fourth-order valence-electron chi connectivity index (χ4n) is 2.62. The Labute approximate surface area is 168 Å². The number of rotatable bonds is 6. The first-order valence-corrected chi connectivity index (χ1v) is 9.44. The van der Waals surface area contributed by atoms with Crippen LogP contribution in [-0.4, -0.2) is 30.3 Å². The average molecular weight is 391 g/mol. The van der Waals surface area contributed by atoms with E-state index < -0.39 is 5.97 Å². The summed E-state index contributed by atoms with van der Waals surface area (Å²) in [7, 11) is 0. The van der Waals surface area contributed by atoms with Gasteiger partial charge in [-0.3, -0.25) is 0 Å². The predicted octanol–water partition coefficient (Wildman–Crippen LogP) is 3.91. The summed E-state index contributed by atoms with van der Waals surface area (Å²) in [5.41, 5.74) is 2.48. The number of ether oxygens (including phenoxy) is 1. The SMILES string of the molecule is C=C(C)C(=O)OCCNC(=O)NCc1cc(C(C)(C)C)c(O)c(C(C)(C)C)c1. The molecule has 2 amide bonds. The largest absolute Gasteiger partial charge is 0.507 e. The number of amides is 2. The molecule has 0 aliphatic carbocycles. The molecule has 0 fully saturated rings. The Balaban J connectivity index is 2.77. The van der Waals surface area contributed by atoms with Gasteiger partial charge in [-0.15, -0.1) is 0 Å². The molecule has 1 aromatic carbocycles. The van der Waals surface area contributed by atoms with Gasteiger partial charge in [0.25, 0.3) is 0 Å². The molecular formula is C22H34N2O4. The lowest BCUT2D eigenvalue weighted by atomic mass is 9.78. The van der Waals surface area contributed by atoms with Crippen LogP contribution in [0.3, 0.4) is 0 Å². The maximum atomic E-state index is 12.0. The molecule has 0 bridgehead atoms.